The summed E-state index contributed by atoms with van der Waals surface area (Å²) < 4.78 is 6.33. The summed E-state index contributed by atoms with van der Waals surface area (Å²) in [6.07, 6.45) is 1.75. The van der Waals surface area contributed by atoms with E-state index in [4.69, 9.17) is 4.42 Å². The second-order valence-electron chi connectivity index (χ2n) is 7.37. The molecule has 1 heterocycles. The summed E-state index contributed by atoms with van der Waals surface area (Å²) in [7, 11) is 0. The maximum Gasteiger partial charge on any atom is 0.143 e. The van der Waals surface area contributed by atoms with E-state index in [1.54, 1.807) is 12.3 Å². The number of rotatable bonds is 5. The van der Waals surface area contributed by atoms with Crippen LogP contribution in [-0.4, -0.2) is 11.3 Å². The minimum atomic E-state index is 0.182. The van der Waals surface area contributed by atoms with E-state index in [2.05, 4.69) is 17.1 Å². The topological polar surface area (TPSA) is 45.7 Å². The van der Waals surface area contributed by atoms with Gasteiger partial charge >= 0.3 is 0 Å². The summed E-state index contributed by atoms with van der Waals surface area (Å²) in [6, 6.07) is 33.7. The Morgan fingerprint density at radius 1 is 0.710 bits per heavy atom. The molecule has 0 spiro atoms. The number of hydrogen-bond acceptors (Lipinski definition) is 3. The first-order valence-corrected chi connectivity index (χ1v) is 10.2. The lowest BCUT2D eigenvalue weighted by Gasteiger charge is -2.06. The zero-order chi connectivity index (χ0) is 21.0. The Balaban J connectivity index is 1.71. The first-order valence-electron chi connectivity index (χ1n) is 10.2. The summed E-state index contributed by atoms with van der Waals surface area (Å²) in [6.45, 7) is 0.542. The average Bonchev–Trinajstić information content (AvgIpc) is 3.22. The number of fused-ring (bicyclic) bond motifs is 1. The van der Waals surface area contributed by atoms with E-state index >= 15 is 0 Å². The molecule has 3 heteroatoms. The monoisotopic (exact) mass is 403 g/mol. The molecule has 5 aromatic rings. The van der Waals surface area contributed by atoms with Crippen LogP contribution in [0.2, 0.25) is 0 Å². The molecule has 0 radical (unpaired) electrons. The Morgan fingerprint density at radius 3 is 2.00 bits per heavy atom. The predicted molar refractivity (Wildman–Crippen MR) is 126 cm³/mol. The van der Waals surface area contributed by atoms with Gasteiger partial charge in [0.2, 0.25) is 0 Å². The Morgan fingerprint density at radius 2 is 1.32 bits per heavy atom. The summed E-state index contributed by atoms with van der Waals surface area (Å²) in [5.74, 6) is 0.965. The lowest BCUT2D eigenvalue weighted by molar-refractivity contribution is 0.475. The van der Waals surface area contributed by atoms with Crippen LogP contribution in [0.15, 0.2) is 113 Å². The van der Waals surface area contributed by atoms with Crippen molar-refractivity contribution in [1.29, 1.82) is 0 Å². The molecule has 1 aromatic heterocycles. The van der Waals surface area contributed by atoms with Gasteiger partial charge in [-0.25, -0.2) is 0 Å². The first kappa shape index (κ1) is 18.9. The number of benzene rings is 4. The van der Waals surface area contributed by atoms with Gasteiger partial charge < -0.3 is 9.52 Å². The third kappa shape index (κ3) is 3.74. The van der Waals surface area contributed by atoms with Gasteiger partial charge in [0, 0.05) is 28.3 Å². The van der Waals surface area contributed by atoms with Crippen LogP contribution in [0.1, 0.15) is 11.1 Å². The van der Waals surface area contributed by atoms with Crippen LogP contribution in [-0.2, 0) is 6.54 Å². The molecule has 0 fully saturated rings. The average molecular weight is 403 g/mol. The second kappa shape index (κ2) is 8.33. The van der Waals surface area contributed by atoms with Crippen molar-refractivity contribution in [3.63, 3.8) is 0 Å². The molecule has 31 heavy (non-hydrogen) atoms. The van der Waals surface area contributed by atoms with Crippen molar-refractivity contribution in [2.75, 3.05) is 0 Å². The molecular formula is C28H21NO2. The van der Waals surface area contributed by atoms with E-state index in [0.717, 1.165) is 39.0 Å². The predicted octanol–water partition coefficient (Wildman–Crippen LogP) is 7.09. The smallest absolute Gasteiger partial charge is 0.143 e. The van der Waals surface area contributed by atoms with Crippen LogP contribution in [0.4, 0.5) is 0 Å². The van der Waals surface area contributed by atoms with Crippen LogP contribution >= 0.6 is 0 Å². The molecule has 0 saturated carbocycles. The van der Waals surface area contributed by atoms with Crippen molar-refractivity contribution < 1.29 is 9.52 Å². The molecule has 0 bridgehead atoms. The number of furan rings is 1. The van der Waals surface area contributed by atoms with Crippen LogP contribution in [0.3, 0.4) is 0 Å². The molecule has 0 amide bonds. The van der Waals surface area contributed by atoms with Crippen LogP contribution in [0, 0.1) is 0 Å². The van der Waals surface area contributed by atoms with Crippen LogP contribution in [0.25, 0.3) is 33.4 Å². The normalized spacial score (nSPS) is 11.4. The lowest BCUT2D eigenvalue weighted by atomic mass is 9.96. The highest BCUT2D eigenvalue weighted by atomic mass is 16.3. The Kier molecular flexibility index (Phi) is 5.07. The van der Waals surface area contributed by atoms with Gasteiger partial charge in [-0.05, 0) is 23.3 Å². The molecule has 0 aliphatic carbocycles. The summed E-state index contributed by atoms with van der Waals surface area (Å²) in [5, 5.41) is 11.6. The fourth-order valence-electron chi connectivity index (χ4n) is 3.84. The second-order valence-corrected chi connectivity index (χ2v) is 7.37. The van der Waals surface area contributed by atoms with Gasteiger partial charge in [0.15, 0.2) is 0 Å². The van der Waals surface area contributed by atoms with Crippen molar-refractivity contribution in [3.8, 4) is 28.2 Å². The summed E-state index contributed by atoms with van der Waals surface area (Å²) >= 11 is 0. The third-order valence-electron chi connectivity index (χ3n) is 5.31. The SMILES string of the molecule is Oc1ccc2oc(-c3ccccc3)c(-c3ccccc3)c2c1C=NCc1ccccc1. The number of phenols is 1. The zero-order valence-electron chi connectivity index (χ0n) is 16.9. The van der Waals surface area contributed by atoms with Crippen LogP contribution in [0.5, 0.6) is 5.75 Å². The van der Waals surface area contributed by atoms with E-state index in [-0.39, 0.29) is 5.75 Å². The number of aliphatic imine (C=N–C) groups is 1. The highest BCUT2D eigenvalue weighted by Gasteiger charge is 2.21. The number of hydrogen-bond donors (Lipinski definition) is 1. The van der Waals surface area contributed by atoms with Crippen molar-refractivity contribution >= 4 is 17.2 Å². The summed E-state index contributed by atoms with van der Waals surface area (Å²) in [4.78, 5) is 4.61. The lowest BCUT2D eigenvalue weighted by Crippen LogP contribution is -1.89. The summed E-state index contributed by atoms with van der Waals surface area (Å²) in [5.41, 5.74) is 5.48. The quantitative estimate of drug-likeness (QED) is 0.318. The zero-order valence-corrected chi connectivity index (χ0v) is 16.9. The van der Waals surface area contributed by atoms with Gasteiger partial charge in [-0.3, -0.25) is 4.99 Å². The van der Waals surface area contributed by atoms with Crippen molar-refractivity contribution in [2.45, 2.75) is 6.54 Å². The Hall–Kier alpha value is -4.11. The van der Waals surface area contributed by atoms with Crippen molar-refractivity contribution in [2.24, 2.45) is 4.99 Å². The molecule has 4 aromatic carbocycles. The van der Waals surface area contributed by atoms with E-state index < -0.39 is 0 Å². The van der Waals surface area contributed by atoms with Crippen LogP contribution < -0.4 is 0 Å². The van der Waals surface area contributed by atoms with Crippen molar-refractivity contribution in [3.05, 3.63) is 114 Å². The molecule has 0 aliphatic heterocycles. The molecule has 0 unspecified atom stereocenters. The highest BCUT2D eigenvalue weighted by molar-refractivity contribution is 6.11. The van der Waals surface area contributed by atoms with Gasteiger partial charge in [-0.15, -0.1) is 0 Å². The number of phenolic OH excluding ortho intramolecular Hbond substituents is 1. The van der Waals surface area contributed by atoms with E-state index in [9.17, 15) is 5.11 Å². The number of aromatic hydroxyl groups is 1. The fourth-order valence-corrected chi connectivity index (χ4v) is 3.84. The van der Waals surface area contributed by atoms with E-state index in [0.29, 0.717) is 12.1 Å². The maximum absolute atomic E-state index is 10.7. The molecular weight excluding hydrogens is 382 g/mol. The number of nitrogens with zero attached hydrogens (tertiary/aromatic N) is 1. The third-order valence-corrected chi connectivity index (χ3v) is 5.31. The molecule has 1 N–H and O–H groups in total. The fraction of sp³-hybridized carbons (Fsp3) is 0.0357. The molecule has 5 rings (SSSR count). The van der Waals surface area contributed by atoms with Gasteiger partial charge in [0.25, 0.3) is 0 Å². The van der Waals surface area contributed by atoms with Gasteiger partial charge in [-0.2, -0.15) is 0 Å². The highest BCUT2D eigenvalue weighted by Crippen LogP contribution is 2.43. The van der Waals surface area contributed by atoms with Gasteiger partial charge in [0.05, 0.1) is 6.54 Å². The Labute approximate surface area is 180 Å². The van der Waals surface area contributed by atoms with Crippen molar-refractivity contribution in [1.82, 2.24) is 0 Å². The van der Waals surface area contributed by atoms with Gasteiger partial charge in [-0.1, -0.05) is 91.0 Å². The molecule has 0 atom stereocenters. The molecule has 0 saturated heterocycles. The molecule has 3 nitrogen and oxygen atoms in total. The van der Waals surface area contributed by atoms with E-state index in [1.165, 1.54) is 0 Å². The largest absolute Gasteiger partial charge is 0.507 e. The molecule has 0 aliphatic rings. The minimum Gasteiger partial charge on any atom is -0.507 e. The maximum atomic E-state index is 10.7. The first-order chi connectivity index (χ1) is 15.3. The Bertz CT molecular complexity index is 1340. The minimum absolute atomic E-state index is 0.182. The molecule has 150 valence electrons. The van der Waals surface area contributed by atoms with E-state index in [1.807, 2.05) is 84.9 Å². The standard InChI is InChI=1S/C28H21NO2/c30-24-16-17-25-27(23(24)19-29-18-20-10-4-1-5-11-20)26(21-12-6-2-7-13-21)28(31-25)22-14-8-3-9-15-22/h1-17,19,30H,18H2. The van der Waals surface area contributed by atoms with Gasteiger partial charge in [0.1, 0.15) is 17.1 Å².